The van der Waals surface area contributed by atoms with Crippen molar-refractivity contribution in [2.75, 3.05) is 5.32 Å². The van der Waals surface area contributed by atoms with E-state index in [2.05, 4.69) is 20.3 Å². The third-order valence-corrected chi connectivity index (χ3v) is 3.69. The summed E-state index contributed by atoms with van der Waals surface area (Å²) >= 11 is 7.36. The van der Waals surface area contributed by atoms with Crippen molar-refractivity contribution in [1.82, 2.24) is 15.0 Å². The Morgan fingerprint density at radius 2 is 2.15 bits per heavy atom. The first-order valence-electron chi connectivity index (χ1n) is 6.01. The fourth-order valence-corrected chi connectivity index (χ4v) is 2.51. The predicted octanol–water partition coefficient (Wildman–Crippen LogP) is 3.87. The first-order valence-corrected chi connectivity index (χ1v) is 7.27. The highest BCUT2D eigenvalue weighted by Crippen LogP contribution is 2.24. The number of anilines is 1. The molecule has 0 amide bonds. The molecule has 6 heteroatoms. The van der Waals surface area contributed by atoms with E-state index in [0.717, 1.165) is 22.1 Å². The maximum atomic E-state index is 5.80. The van der Waals surface area contributed by atoms with Crippen molar-refractivity contribution in [2.24, 2.45) is 0 Å². The van der Waals surface area contributed by atoms with E-state index in [1.165, 1.54) is 0 Å². The van der Waals surface area contributed by atoms with E-state index in [1.807, 2.05) is 29.6 Å². The minimum Gasteiger partial charge on any atom is -0.356 e. The lowest BCUT2D eigenvalue weighted by atomic mass is 10.2. The molecule has 3 aromatic rings. The fraction of sp³-hybridized carbons (Fsp3) is 0.0714. The molecule has 4 nitrogen and oxygen atoms in total. The van der Waals surface area contributed by atoms with Crippen LogP contribution in [0.3, 0.4) is 0 Å². The largest absolute Gasteiger partial charge is 0.356 e. The molecule has 3 aromatic heterocycles. The lowest BCUT2D eigenvalue weighted by Gasteiger charge is -2.01. The second kappa shape index (κ2) is 5.98. The van der Waals surface area contributed by atoms with Gasteiger partial charge < -0.3 is 5.32 Å². The standard InChI is InChI=1S/C14H11ClN4S/c15-11-3-4-12(17-7-11)8-18-14-19-13(9-20-14)10-2-1-5-16-6-10/h1-7,9H,8H2,(H,18,19). The number of rotatable bonds is 4. The van der Waals surface area contributed by atoms with Crippen molar-refractivity contribution < 1.29 is 0 Å². The van der Waals surface area contributed by atoms with Gasteiger partial charge in [-0.2, -0.15) is 0 Å². The summed E-state index contributed by atoms with van der Waals surface area (Å²) < 4.78 is 0. The Morgan fingerprint density at radius 1 is 1.20 bits per heavy atom. The first kappa shape index (κ1) is 13.0. The van der Waals surface area contributed by atoms with Gasteiger partial charge in [-0.3, -0.25) is 9.97 Å². The molecule has 3 rings (SSSR count). The summed E-state index contributed by atoms with van der Waals surface area (Å²) in [6, 6.07) is 7.62. The normalized spacial score (nSPS) is 10.4. The maximum Gasteiger partial charge on any atom is 0.183 e. The Hall–Kier alpha value is -1.98. The average Bonchev–Trinajstić information content (AvgIpc) is 2.97. The molecule has 0 fully saturated rings. The van der Waals surface area contributed by atoms with Crippen LogP contribution in [0.5, 0.6) is 0 Å². The maximum absolute atomic E-state index is 5.80. The number of nitrogens with one attached hydrogen (secondary N) is 1. The van der Waals surface area contributed by atoms with E-state index in [-0.39, 0.29) is 0 Å². The van der Waals surface area contributed by atoms with Gasteiger partial charge in [0.05, 0.1) is 23.0 Å². The lowest BCUT2D eigenvalue weighted by molar-refractivity contribution is 1.04. The molecule has 0 radical (unpaired) electrons. The molecular formula is C14H11ClN4S. The van der Waals surface area contributed by atoms with E-state index >= 15 is 0 Å². The molecule has 0 saturated carbocycles. The van der Waals surface area contributed by atoms with Crippen molar-refractivity contribution >= 4 is 28.1 Å². The monoisotopic (exact) mass is 302 g/mol. The summed E-state index contributed by atoms with van der Waals surface area (Å²) in [5.41, 5.74) is 2.86. The molecule has 0 atom stereocenters. The van der Waals surface area contributed by atoms with Gasteiger partial charge >= 0.3 is 0 Å². The summed E-state index contributed by atoms with van der Waals surface area (Å²) in [6.45, 7) is 0.622. The third-order valence-electron chi connectivity index (χ3n) is 2.67. The van der Waals surface area contributed by atoms with Crippen LogP contribution in [0.15, 0.2) is 48.2 Å². The molecular weight excluding hydrogens is 292 g/mol. The van der Waals surface area contributed by atoms with Gasteiger partial charge in [0.15, 0.2) is 5.13 Å². The van der Waals surface area contributed by atoms with E-state index < -0.39 is 0 Å². The quantitative estimate of drug-likeness (QED) is 0.795. The molecule has 100 valence electrons. The SMILES string of the molecule is Clc1ccc(CNc2nc(-c3cccnc3)cs2)nc1. The van der Waals surface area contributed by atoms with E-state index in [0.29, 0.717) is 11.6 Å². The first-order chi connectivity index (χ1) is 9.81. The minimum absolute atomic E-state index is 0.622. The summed E-state index contributed by atoms with van der Waals surface area (Å²) in [4.78, 5) is 12.9. The second-order valence-corrected chi connectivity index (χ2v) is 5.40. The zero-order chi connectivity index (χ0) is 13.8. The van der Waals surface area contributed by atoms with Crippen molar-refractivity contribution in [2.45, 2.75) is 6.54 Å². The van der Waals surface area contributed by atoms with Crippen molar-refractivity contribution in [3.8, 4) is 11.3 Å². The van der Waals surface area contributed by atoms with Gasteiger partial charge in [0.2, 0.25) is 0 Å². The van der Waals surface area contributed by atoms with Gasteiger partial charge in [-0.15, -0.1) is 11.3 Å². The predicted molar refractivity (Wildman–Crippen MR) is 81.9 cm³/mol. The molecule has 0 spiro atoms. The fourth-order valence-electron chi connectivity index (χ4n) is 1.68. The summed E-state index contributed by atoms with van der Waals surface area (Å²) in [5, 5.41) is 6.76. The zero-order valence-electron chi connectivity index (χ0n) is 10.5. The molecule has 20 heavy (non-hydrogen) atoms. The number of hydrogen-bond donors (Lipinski definition) is 1. The van der Waals surface area contributed by atoms with Gasteiger partial charge in [-0.05, 0) is 24.3 Å². The van der Waals surface area contributed by atoms with Crippen LogP contribution in [-0.4, -0.2) is 15.0 Å². The van der Waals surface area contributed by atoms with Crippen LogP contribution in [0.25, 0.3) is 11.3 Å². The molecule has 0 aliphatic carbocycles. The third kappa shape index (κ3) is 3.12. The molecule has 0 aromatic carbocycles. The highest BCUT2D eigenvalue weighted by Gasteiger charge is 2.04. The van der Waals surface area contributed by atoms with Crippen LogP contribution in [0.1, 0.15) is 5.69 Å². The topological polar surface area (TPSA) is 50.7 Å². The van der Waals surface area contributed by atoms with Crippen LogP contribution in [0.4, 0.5) is 5.13 Å². The van der Waals surface area contributed by atoms with Crippen LogP contribution in [0, 0.1) is 0 Å². The van der Waals surface area contributed by atoms with Gasteiger partial charge in [0.1, 0.15) is 0 Å². The molecule has 0 aliphatic rings. The highest BCUT2D eigenvalue weighted by molar-refractivity contribution is 7.14. The van der Waals surface area contributed by atoms with E-state index in [1.54, 1.807) is 29.9 Å². The Kier molecular flexibility index (Phi) is 3.90. The lowest BCUT2D eigenvalue weighted by Crippen LogP contribution is -2.00. The minimum atomic E-state index is 0.622. The van der Waals surface area contributed by atoms with E-state index in [9.17, 15) is 0 Å². The van der Waals surface area contributed by atoms with Crippen LogP contribution < -0.4 is 5.32 Å². The molecule has 0 bridgehead atoms. The van der Waals surface area contributed by atoms with Gasteiger partial charge in [0.25, 0.3) is 0 Å². The summed E-state index contributed by atoms with van der Waals surface area (Å²) in [7, 11) is 0. The molecule has 0 saturated heterocycles. The molecule has 1 N–H and O–H groups in total. The number of thiazole rings is 1. The smallest absolute Gasteiger partial charge is 0.183 e. The van der Waals surface area contributed by atoms with Gasteiger partial charge in [0, 0.05) is 29.5 Å². The number of nitrogens with zero attached hydrogens (tertiary/aromatic N) is 3. The Labute approximate surface area is 125 Å². The van der Waals surface area contributed by atoms with Crippen LogP contribution in [-0.2, 0) is 6.54 Å². The van der Waals surface area contributed by atoms with E-state index in [4.69, 9.17) is 11.6 Å². The zero-order valence-corrected chi connectivity index (χ0v) is 12.0. The number of pyridine rings is 2. The summed E-state index contributed by atoms with van der Waals surface area (Å²) in [6.07, 6.45) is 5.20. The Morgan fingerprint density at radius 3 is 2.90 bits per heavy atom. The Balaban J connectivity index is 1.67. The number of aromatic nitrogens is 3. The Bertz CT molecular complexity index is 682. The highest BCUT2D eigenvalue weighted by atomic mass is 35.5. The second-order valence-electron chi connectivity index (χ2n) is 4.10. The molecule has 3 heterocycles. The molecule has 0 unspecified atom stereocenters. The van der Waals surface area contributed by atoms with Crippen molar-refractivity contribution in [1.29, 1.82) is 0 Å². The van der Waals surface area contributed by atoms with Crippen LogP contribution in [0.2, 0.25) is 5.02 Å². The van der Waals surface area contributed by atoms with Gasteiger partial charge in [-0.1, -0.05) is 11.6 Å². The van der Waals surface area contributed by atoms with Crippen molar-refractivity contribution in [3.05, 3.63) is 59.0 Å². The number of hydrogen-bond acceptors (Lipinski definition) is 5. The van der Waals surface area contributed by atoms with Crippen LogP contribution >= 0.6 is 22.9 Å². The average molecular weight is 303 g/mol. The number of halogens is 1. The summed E-state index contributed by atoms with van der Waals surface area (Å²) in [5.74, 6) is 0. The van der Waals surface area contributed by atoms with Gasteiger partial charge in [-0.25, -0.2) is 4.98 Å². The van der Waals surface area contributed by atoms with Crippen molar-refractivity contribution in [3.63, 3.8) is 0 Å². The molecule has 0 aliphatic heterocycles.